The van der Waals surface area contributed by atoms with Gasteiger partial charge in [-0.3, -0.25) is 9.69 Å². The highest BCUT2D eigenvalue weighted by Gasteiger charge is 2.40. The minimum atomic E-state index is -0.887. The number of hydrogen-bond acceptors (Lipinski definition) is 4. The number of carbonyl (C=O) groups excluding carboxylic acids is 1. The average Bonchev–Trinajstić information content (AvgIpc) is 2.99. The van der Waals surface area contributed by atoms with Crippen LogP contribution in [0.5, 0.6) is 0 Å². The average molecular weight is 424 g/mol. The summed E-state index contributed by atoms with van der Waals surface area (Å²) in [6, 6.07) is 6.15. The van der Waals surface area contributed by atoms with E-state index >= 15 is 0 Å². The summed E-state index contributed by atoms with van der Waals surface area (Å²) in [5.74, 6) is -0.0922. The van der Waals surface area contributed by atoms with Crippen molar-refractivity contribution in [3.63, 3.8) is 0 Å². The van der Waals surface area contributed by atoms with Gasteiger partial charge in [0, 0.05) is 36.5 Å². The van der Waals surface area contributed by atoms with E-state index in [1.165, 1.54) is 25.0 Å². The molecule has 2 aliphatic rings. The lowest BCUT2D eigenvalue weighted by atomic mass is 9.87. The fraction of sp³-hybridized carbons (Fsp3) is 0.682. The molecule has 0 spiro atoms. The fourth-order valence-electron chi connectivity index (χ4n) is 4.65. The first-order valence-electron chi connectivity index (χ1n) is 11.0. The highest BCUT2D eigenvalue weighted by Crippen LogP contribution is 2.33. The maximum Gasteiger partial charge on any atom is 0.254 e. The van der Waals surface area contributed by atoms with E-state index in [9.17, 15) is 13.7 Å². The Labute approximate surface area is 177 Å². The van der Waals surface area contributed by atoms with Crippen LogP contribution < -0.4 is 5.32 Å². The molecule has 1 saturated carbocycles. The van der Waals surface area contributed by atoms with E-state index in [1.807, 2.05) is 0 Å². The minimum absolute atomic E-state index is 0.0875. The molecule has 162 valence electrons. The Hall–Kier alpha value is -1.15. The first-order valence-corrected chi connectivity index (χ1v) is 12.2. The molecule has 0 aromatic heterocycles. The van der Waals surface area contributed by atoms with Crippen LogP contribution >= 0.6 is 0 Å². The minimum Gasteiger partial charge on any atom is -0.598 e. The molecule has 1 amide bonds. The lowest BCUT2D eigenvalue weighted by Gasteiger charge is -2.47. The van der Waals surface area contributed by atoms with E-state index in [4.69, 9.17) is 0 Å². The molecule has 7 heteroatoms. The molecular weight excluding hydrogens is 389 g/mol. The van der Waals surface area contributed by atoms with E-state index < -0.39 is 17.2 Å². The summed E-state index contributed by atoms with van der Waals surface area (Å²) in [4.78, 5) is 15.1. The summed E-state index contributed by atoms with van der Waals surface area (Å²) < 4.78 is 28.4. The van der Waals surface area contributed by atoms with Gasteiger partial charge in [0.15, 0.2) is 0 Å². The standard InChI is InChI=1S/C22H34FN3O2S/c1-2-17-29(28)26-15-13-25(14-16-26)22(11-7-3-4-8-12-22)18-24-21(27)19-9-5-6-10-20(19)23/h5-6,9-10H,2-4,7-8,11-18H2,1H3,(H,24,27). The van der Waals surface area contributed by atoms with Gasteiger partial charge in [-0.25, -0.2) is 4.39 Å². The smallest absolute Gasteiger partial charge is 0.254 e. The molecule has 0 bridgehead atoms. The number of piperazine rings is 1. The largest absolute Gasteiger partial charge is 0.598 e. The summed E-state index contributed by atoms with van der Waals surface area (Å²) in [6.07, 6.45) is 7.77. The van der Waals surface area contributed by atoms with Crippen LogP contribution in [0.25, 0.3) is 0 Å². The number of nitrogens with one attached hydrogen (secondary N) is 1. The van der Waals surface area contributed by atoms with Gasteiger partial charge in [-0.1, -0.05) is 44.7 Å². The Morgan fingerprint density at radius 3 is 2.41 bits per heavy atom. The third-order valence-corrected chi connectivity index (χ3v) is 8.01. The number of hydrogen-bond donors (Lipinski definition) is 1. The van der Waals surface area contributed by atoms with Crippen LogP contribution in [0.4, 0.5) is 4.39 Å². The zero-order chi connectivity index (χ0) is 20.7. The topological polar surface area (TPSA) is 58.6 Å². The summed E-state index contributed by atoms with van der Waals surface area (Å²) in [6.45, 7) is 5.94. The van der Waals surface area contributed by atoms with E-state index in [0.29, 0.717) is 6.54 Å². The lowest BCUT2D eigenvalue weighted by Crippen LogP contribution is -2.61. The normalized spacial score (nSPS) is 22.0. The monoisotopic (exact) mass is 423 g/mol. The first kappa shape index (κ1) is 22.5. The van der Waals surface area contributed by atoms with Crippen molar-refractivity contribution in [1.82, 2.24) is 14.5 Å². The molecule has 1 aliphatic carbocycles. The van der Waals surface area contributed by atoms with Crippen LogP contribution in [0.1, 0.15) is 62.2 Å². The summed E-state index contributed by atoms with van der Waals surface area (Å²) >= 11 is -0.887. The van der Waals surface area contributed by atoms with Gasteiger partial charge in [-0.15, -0.1) is 4.31 Å². The van der Waals surface area contributed by atoms with Gasteiger partial charge in [-0.2, -0.15) is 0 Å². The Bertz CT molecular complexity index is 659. The van der Waals surface area contributed by atoms with Gasteiger partial charge >= 0.3 is 0 Å². The van der Waals surface area contributed by atoms with E-state index in [1.54, 1.807) is 12.1 Å². The number of halogens is 1. The van der Waals surface area contributed by atoms with Crippen molar-refractivity contribution in [2.75, 3.05) is 38.5 Å². The summed E-state index contributed by atoms with van der Waals surface area (Å²) in [5, 5.41) is 3.04. The Kier molecular flexibility index (Phi) is 8.35. The van der Waals surface area contributed by atoms with Crippen molar-refractivity contribution in [2.24, 2.45) is 0 Å². The lowest BCUT2D eigenvalue weighted by molar-refractivity contribution is 0.0391. The maximum atomic E-state index is 14.0. The van der Waals surface area contributed by atoms with Gasteiger partial charge in [0.05, 0.1) is 18.7 Å². The Morgan fingerprint density at radius 2 is 1.79 bits per heavy atom. The molecule has 1 N–H and O–H groups in total. The highest BCUT2D eigenvalue weighted by molar-refractivity contribution is 7.89. The second-order valence-corrected chi connectivity index (χ2v) is 9.81. The summed E-state index contributed by atoms with van der Waals surface area (Å²) in [7, 11) is 0. The molecule has 1 aromatic carbocycles. The van der Waals surface area contributed by atoms with E-state index in [0.717, 1.165) is 64.0 Å². The molecule has 1 heterocycles. The number of rotatable bonds is 7. The molecular formula is C22H34FN3O2S. The van der Waals surface area contributed by atoms with Crippen molar-refractivity contribution in [2.45, 2.75) is 57.4 Å². The molecule has 1 atom stereocenters. The molecule has 0 radical (unpaired) electrons. The van der Waals surface area contributed by atoms with E-state index in [2.05, 4.69) is 21.4 Å². The van der Waals surface area contributed by atoms with Crippen molar-refractivity contribution in [3.8, 4) is 0 Å². The summed E-state index contributed by atoms with van der Waals surface area (Å²) in [5.41, 5.74) is 0.0199. The van der Waals surface area contributed by atoms with Crippen LogP contribution in [-0.2, 0) is 11.4 Å². The predicted molar refractivity (Wildman–Crippen MR) is 116 cm³/mol. The third-order valence-electron chi connectivity index (χ3n) is 6.31. The zero-order valence-electron chi connectivity index (χ0n) is 17.5. The predicted octanol–water partition coefficient (Wildman–Crippen LogP) is 3.34. The van der Waals surface area contributed by atoms with E-state index in [-0.39, 0.29) is 17.0 Å². The molecule has 5 nitrogen and oxygen atoms in total. The van der Waals surface area contributed by atoms with Crippen LogP contribution in [0, 0.1) is 5.82 Å². The number of amides is 1. The molecule has 1 unspecified atom stereocenters. The third kappa shape index (κ3) is 5.72. The molecule has 29 heavy (non-hydrogen) atoms. The first-order chi connectivity index (χ1) is 14.1. The number of benzene rings is 1. The van der Waals surface area contributed by atoms with Crippen LogP contribution in [0.2, 0.25) is 0 Å². The van der Waals surface area contributed by atoms with Crippen molar-refractivity contribution < 1.29 is 13.7 Å². The van der Waals surface area contributed by atoms with Crippen LogP contribution in [0.15, 0.2) is 24.3 Å². The van der Waals surface area contributed by atoms with Crippen molar-refractivity contribution in [1.29, 1.82) is 0 Å². The second-order valence-electron chi connectivity index (χ2n) is 8.24. The highest BCUT2D eigenvalue weighted by atomic mass is 32.2. The van der Waals surface area contributed by atoms with Crippen LogP contribution in [0.3, 0.4) is 0 Å². The molecule has 1 saturated heterocycles. The van der Waals surface area contributed by atoms with Crippen LogP contribution in [-0.4, -0.2) is 63.7 Å². The van der Waals surface area contributed by atoms with Gasteiger partial charge in [0.25, 0.3) is 5.91 Å². The molecule has 3 rings (SSSR count). The SMILES string of the molecule is CCC[S+]([O-])N1CCN(C2(CNC(=O)c3ccccc3F)CCCCCC2)CC1. The molecule has 2 fully saturated rings. The quantitative estimate of drug-likeness (QED) is 0.540. The van der Waals surface area contributed by atoms with Gasteiger partial charge in [0.1, 0.15) is 11.6 Å². The van der Waals surface area contributed by atoms with Crippen molar-refractivity contribution in [3.05, 3.63) is 35.6 Å². The maximum absolute atomic E-state index is 14.0. The van der Waals surface area contributed by atoms with Gasteiger partial charge < -0.3 is 9.87 Å². The fourth-order valence-corrected chi connectivity index (χ4v) is 5.82. The number of nitrogens with zero attached hydrogens (tertiary/aromatic N) is 2. The number of carbonyl (C=O) groups is 1. The van der Waals surface area contributed by atoms with Gasteiger partial charge in [0.2, 0.25) is 0 Å². The Morgan fingerprint density at radius 1 is 1.14 bits per heavy atom. The zero-order valence-corrected chi connectivity index (χ0v) is 18.3. The van der Waals surface area contributed by atoms with Gasteiger partial charge in [-0.05, 0) is 31.4 Å². The molecule has 1 aromatic rings. The molecule has 1 aliphatic heterocycles. The Balaban J connectivity index is 1.66. The second kappa shape index (κ2) is 10.8. The van der Waals surface area contributed by atoms with Crippen molar-refractivity contribution >= 4 is 17.3 Å².